The molecule has 1 aliphatic heterocycles. The summed E-state index contributed by atoms with van der Waals surface area (Å²) in [6.45, 7) is 1.84. The van der Waals surface area contributed by atoms with Gasteiger partial charge in [0.2, 0.25) is 0 Å². The summed E-state index contributed by atoms with van der Waals surface area (Å²) in [7, 11) is -4.07. The molecule has 6 nitrogen and oxygen atoms in total. The molecule has 0 saturated heterocycles. The number of sulfonamides is 1. The molecule has 1 atom stereocenters. The van der Waals surface area contributed by atoms with Gasteiger partial charge in [-0.15, -0.1) is 0 Å². The van der Waals surface area contributed by atoms with E-state index >= 15 is 0 Å². The van der Waals surface area contributed by atoms with Gasteiger partial charge < -0.3 is 5.11 Å². The SMILES string of the molecule is Cc1ccc(S(=O)(=O)N2c3ccccc3CC(=O)[C@H]2CC(=O)O)cc1. The van der Waals surface area contributed by atoms with E-state index in [1.54, 1.807) is 36.4 Å². The zero-order chi connectivity index (χ0) is 18.2. The molecule has 2 aromatic rings. The monoisotopic (exact) mass is 359 g/mol. The topological polar surface area (TPSA) is 91.8 Å². The first kappa shape index (κ1) is 17.2. The Hall–Kier alpha value is -2.67. The molecule has 7 heteroatoms. The summed E-state index contributed by atoms with van der Waals surface area (Å²) < 4.78 is 27.3. The number of rotatable bonds is 4. The molecule has 1 N–H and O–H groups in total. The predicted octanol–water partition coefficient (Wildman–Crippen LogP) is 2.16. The third-order valence-electron chi connectivity index (χ3n) is 4.19. The predicted molar refractivity (Wildman–Crippen MR) is 92.0 cm³/mol. The van der Waals surface area contributed by atoms with Crippen molar-refractivity contribution in [1.29, 1.82) is 0 Å². The molecule has 0 radical (unpaired) electrons. The summed E-state index contributed by atoms with van der Waals surface area (Å²) in [6, 6.07) is 11.7. The van der Waals surface area contributed by atoms with Gasteiger partial charge in [0.1, 0.15) is 6.04 Å². The zero-order valence-electron chi connectivity index (χ0n) is 13.5. The molecule has 0 aliphatic carbocycles. The average molecular weight is 359 g/mol. The molecule has 0 unspecified atom stereocenters. The molecule has 25 heavy (non-hydrogen) atoms. The number of carbonyl (C=O) groups excluding carboxylic acids is 1. The lowest BCUT2D eigenvalue weighted by molar-refractivity contribution is -0.139. The fraction of sp³-hybridized carbons (Fsp3) is 0.222. The molecule has 130 valence electrons. The number of carboxylic acid groups (broad SMARTS) is 1. The van der Waals surface area contributed by atoms with Gasteiger partial charge in [0, 0.05) is 6.42 Å². The van der Waals surface area contributed by atoms with Crippen molar-refractivity contribution in [2.75, 3.05) is 4.31 Å². The minimum atomic E-state index is -4.07. The van der Waals surface area contributed by atoms with Gasteiger partial charge in [-0.3, -0.25) is 13.9 Å². The minimum Gasteiger partial charge on any atom is -0.481 e. The highest BCUT2D eigenvalue weighted by Gasteiger charge is 2.41. The summed E-state index contributed by atoms with van der Waals surface area (Å²) in [5.74, 6) is -1.64. The van der Waals surface area contributed by atoms with E-state index in [0.29, 0.717) is 11.3 Å². The quantitative estimate of drug-likeness (QED) is 0.903. The smallest absolute Gasteiger partial charge is 0.305 e. The second-order valence-electron chi connectivity index (χ2n) is 6.00. The van der Waals surface area contributed by atoms with Crippen molar-refractivity contribution in [1.82, 2.24) is 0 Å². The van der Waals surface area contributed by atoms with Crippen LogP contribution in [0.1, 0.15) is 17.5 Å². The largest absolute Gasteiger partial charge is 0.481 e. The zero-order valence-corrected chi connectivity index (χ0v) is 14.4. The van der Waals surface area contributed by atoms with Crippen LogP contribution in [0.2, 0.25) is 0 Å². The van der Waals surface area contributed by atoms with E-state index in [1.807, 2.05) is 6.92 Å². The van der Waals surface area contributed by atoms with Crippen molar-refractivity contribution in [2.24, 2.45) is 0 Å². The van der Waals surface area contributed by atoms with Crippen LogP contribution >= 0.6 is 0 Å². The lowest BCUT2D eigenvalue weighted by atomic mass is 9.95. The van der Waals surface area contributed by atoms with Gasteiger partial charge in [-0.2, -0.15) is 0 Å². The molecule has 1 heterocycles. The fourth-order valence-corrected chi connectivity index (χ4v) is 4.63. The second-order valence-corrected chi connectivity index (χ2v) is 7.81. The van der Waals surface area contributed by atoms with Crippen LogP contribution in [0.3, 0.4) is 0 Å². The van der Waals surface area contributed by atoms with Gasteiger partial charge in [0.05, 0.1) is 17.0 Å². The van der Waals surface area contributed by atoms with E-state index in [-0.39, 0.29) is 11.3 Å². The van der Waals surface area contributed by atoms with Crippen LogP contribution in [0.15, 0.2) is 53.4 Å². The summed E-state index contributed by atoms with van der Waals surface area (Å²) in [5.41, 5.74) is 1.83. The standard InChI is InChI=1S/C18H17NO5S/c1-12-6-8-14(9-7-12)25(23,24)19-15-5-3-2-4-13(15)10-17(20)16(19)11-18(21)22/h2-9,16H,10-11H2,1H3,(H,21,22)/t16-/m1/s1. The van der Waals surface area contributed by atoms with Crippen molar-refractivity contribution >= 4 is 27.5 Å². The van der Waals surface area contributed by atoms with E-state index in [0.717, 1.165) is 9.87 Å². The van der Waals surface area contributed by atoms with Crippen LogP contribution in [0, 0.1) is 6.92 Å². The van der Waals surface area contributed by atoms with Gasteiger partial charge in [-0.05, 0) is 30.7 Å². The van der Waals surface area contributed by atoms with E-state index in [4.69, 9.17) is 5.11 Å². The maximum absolute atomic E-state index is 13.2. The number of hydrogen-bond donors (Lipinski definition) is 1. The van der Waals surface area contributed by atoms with Gasteiger partial charge in [-0.1, -0.05) is 35.9 Å². The molecule has 0 fully saturated rings. The number of Topliss-reactive ketones (excluding diaryl/α,β-unsaturated/α-hetero) is 1. The van der Waals surface area contributed by atoms with E-state index in [9.17, 15) is 18.0 Å². The van der Waals surface area contributed by atoms with Crippen molar-refractivity contribution < 1.29 is 23.1 Å². The summed E-state index contributed by atoms with van der Waals surface area (Å²) in [5, 5.41) is 9.15. The van der Waals surface area contributed by atoms with E-state index in [1.165, 1.54) is 12.1 Å². The third-order valence-corrected chi connectivity index (χ3v) is 6.03. The molecule has 0 amide bonds. The Morgan fingerprint density at radius 1 is 1.16 bits per heavy atom. The summed E-state index contributed by atoms with van der Waals surface area (Å²) >= 11 is 0. The lowest BCUT2D eigenvalue weighted by Gasteiger charge is -2.36. The summed E-state index contributed by atoms with van der Waals surface area (Å²) in [6.07, 6.45) is -0.549. The maximum atomic E-state index is 13.2. The average Bonchev–Trinajstić information content (AvgIpc) is 2.55. The molecule has 2 aromatic carbocycles. The first-order chi connectivity index (χ1) is 11.8. The van der Waals surface area contributed by atoms with Crippen molar-refractivity contribution in [2.45, 2.75) is 30.7 Å². The van der Waals surface area contributed by atoms with Crippen LogP contribution in [-0.4, -0.2) is 31.3 Å². The number of anilines is 1. The highest BCUT2D eigenvalue weighted by molar-refractivity contribution is 7.93. The van der Waals surface area contributed by atoms with Crippen molar-refractivity contribution in [3.63, 3.8) is 0 Å². The fourth-order valence-electron chi connectivity index (χ4n) is 2.96. The summed E-state index contributed by atoms with van der Waals surface area (Å²) in [4.78, 5) is 23.7. The highest BCUT2D eigenvalue weighted by Crippen LogP contribution is 2.35. The molecule has 1 aliphatic rings. The number of carbonyl (C=O) groups is 2. The Morgan fingerprint density at radius 3 is 2.44 bits per heavy atom. The molecule has 0 bridgehead atoms. The first-order valence-corrected chi connectivity index (χ1v) is 9.18. The number of carboxylic acids is 1. The number of nitrogens with zero attached hydrogens (tertiary/aromatic N) is 1. The molecular formula is C18H17NO5S. The number of benzene rings is 2. The molecule has 0 saturated carbocycles. The number of fused-ring (bicyclic) bond motifs is 1. The third kappa shape index (κ3) is 3.15. The van der Waals surface area contributed by atoms with Crippen molar-refractivity contribution in [3.8, 4) is 0 Å². The van der Waals surface area contributed by atoms with Crippen LogP contribution < -0.4 is 4.31 Å². The first-order valence-electron chi connectivity index (χ1n) is 7.74. The molecule has 0 spiro atoms. The normalized spacial score (nSPS) is 17.2. The van der Waals surface area contributed by atoms with Gasteiger partial charge >= 0.3 is 5.97 Å². The van der Waals surface area contributed by atoms with Crippen LogP contribution in [0.4, 0.5) is 5.69 Å². The minimum absolute atomic E-state index is 0.0219. The highest BCUT2D eigenvalue weighted by atomic mass is 32.2. The number of ketones is 1. The van der Waals surface area contributed by atoms with E-state index < -0.39 is 34.2 Å². The molecule has 3 rings (SSSR count). The Kier molecular flexibility index (Phi) is 4.34. The number of para-hydroxylation sites is 1. The molecule has 0 aromatic heterocycles. The van der Waals surface area contributed by atoms with Crippen LogP contribution in [0.5, 0.6) is 0 Å². The second kappa shape index (κ2) is 6.33. The van der Waals surface area contributed by atoms with Crippen LogP contribution in [-0.2, 0) is 26.0 Å². The molecular weight excluding hydrogens is 342 g/mol. The van der Waals surface area contributed by atoms with Crippen LogP contribution in [0.25, 0.3) is 0 Å². The van der Waals surface area contributed by atoms with Gasteiger partial charge in [0.15, 0.2) is 5.78 Å². The Morgan fingerprint density at radius 2 is 1.80 bits per heavy atom. The van der Waals surface area contributed by atoms with Gasteiger partial charge in [-0.25, -0.2) is 8.42 Å². The number of aryl methyl sites for hydroxylation is 1. The Balaban J connectivity index is 2.18. The Labute approximate surface area is 145 Å². The van der Waals surface area contributed by atoms with E-state index in [2.05, 4.69) is 0 Å². The van der Waals surface area contributed by atoms with Crippen molar-refractivity contribution in [3.05, 3.63) is 59.7 Å². The maximum Gasteiger partial charge on any atom is 0.305 e. The number of hydrogen-bond acceptors (Lipinski definition) is 4. The van der Waals surface area contributed by atoms with Gasteiger partial charge in [0.25, 0.3) is 10.0 Å². The number of aliphatic carboxylic acids is 1. The Bertz CT molecular complexity index is 934. The lowest BCUT2D eigenvalue weighted by Crippen LogP contribution is -2.50.